The fraction of sp³-hybridized carbons (Fsp3) is 1.00. The summed E-state index contributed by atoms with van der Waals surface area (Å²) in [6.07, 6.45) is 1.42. The SMILES string of the molecule is CC(C)N(C)S(=O)(=O)C1(CN)CC1. The van der Waals surface area contributed by atoms with Gasteiger partial charge >= 0.3 is 0 Å². The standard InChI is InChI=1S/C8H18N2O2S/c1-7(2)10(3)13(11,12)8(6-9)4-5-8/h7H,4-6,9H2,1-3H3. The predicted octanol–water partition coefficient (Wildman–Crippen LogP) is 0.148. The van der Waals surface area contributed by atoms with Crippen LogP contribution in [0.4, 0.5) is 0 Å². The van der Waals surface area contributed by atoms with Gasteiger partial charge in [0.1, 0.15) is 0 Å². The molecule has 0 aromatic heterocycles. The van der Waals surface area contributed by atoms with E-state index in [0.29, 0.717) is 12.8 Å². The van der Waals surface area contributed by atoms with Crippen molar-refractivity contribution in [1.29, 1.82) is 0 Å². The molecule has 0 aliphatic heterocycles. The first-order valence-corrected chi connectivity index (χ1v) is 5.99. The van der Waals surface area contributed by atoms with Crippen LogP contribution in [-0.4, -0.2) is 37.1 Å². The van der Waals surface area contributed by atoms with Crippen molar-refractivity contribution < 1.29 is 8.42 Å². The number of hydrogen-bond donors (Lipinski definition) is 1. The van der Waals surface area contributed by atoms with E-state index in [1.54, 1.807) is 7.05 Å². The van der Waals surface area contributed by atoms with Crippen molar-refractivity contribution in [2.45, 2.75) is 37.5 Å². The van der Waals surface area contributed by atoms with Gasteiger partial charge in [-0.2, -0.15) is 0 Å². The first kappa shape index (κ1) is 10.9. The fourth-order valence-electron chi connectivity index (χ4n) is 1.29. The van der Waals surface area contributed by atoms with Gasteiger partial charge in [-0.1, -0.05) is 0 Å². The molecule has 0 aromatic carbocycles. The lowest BCUT2D eigenvalue weighted by Crippen LogP contribution is -2.44. The molecular formula is C8H18N2O2S. The molecule has 1 aliphatic rings. The summed E-state index contributed by atoms with van der Waals surface area (Å²) in [5.74, 6) is 0. The van der Waals surface area contributed by atoms with Gasteiger partial charge in [0.15, 0.2) is 0 Å². The van der Waals surface area contributed by atoms with Crippen LogP contribution >= 0.6 is 0 Å². The maximum atomic E-state index is 11.9. The lowest BCUT2D eigenvalue weighted by Gasteiger charge is -2.26. The zero-order valence-electron chi connectivity index (χ0n) is 8.45. The molecule has 0 bridgehead atoms. The molecule has 78 valence electrons. The summed E-state index contributed by atoms with van der Waals surface area (Å²) >= 11 is 0. The molecule has 4 nitrogen and oxygen atoms in total. The summed E-state index contributed by atoms with van der Waals surface area (Å²) < 4.78 is 24.7. The molecule has 1 rings (SSSR count). The second kappa shape index (κ2) is 3.22. The fourth-order valence-corrected chi connectivity index (χ4v) is 3.28. The van der Waals surface area contributed by atoms with Crippen LogP contribution in [0.25, 0.3) is 0 Å². The number of sulfonamides is 1. The van der Waals surface area contributed by atoms with Gasteiger partial charge in [0.25, 0.3) is 0 Å². The average molecular weight is 206 g/mol. The summed E-state index contributed by atoms with van der Waals surface area (Å²) in [6, 6.07) is 0.00836. The summed E-state index contributed by atoms with van der Waals surface area (Å²) in [6.45, 7) is 3.97. The molecule has 0 unspecified atom stereocenters. The molecule has 0 saturated heterocycles. The van der Waals surface area contributed by atoms with E-state index in [1.807, 2.05) is 13.8 Å². The van der Waals surface area contributed by atoms with E-state index >= 15 is 0 Å². The van der Waals surface area contributed by atoms with Crippen molar-refractivity contribution in [3.05, 3.63) is 0 Å². The number of nitrogens with two attached hydrogens (primary N) is 1. The van der Waals surface area contributed by atoms with Crippen LogP contribution in [-0.2, 0) is 10.0 Å². The monoisotopic (exact) mass is 206 g/mol. The Balaban J connectivity index is 2.89. The van der Waals surface area contributed by atoms with Crippen LogP contribution in [0.2, 0.25) is 0 Å². The van der Waals surface area contributed by atoms with Gasteiger partial charge in [-0.05, 0) is 26.7 Å². The van der Waals surface area contributed by atoms with Crippen LogP contribution in [0.15, 0.2) is 0 Å². The lowest BCUT2D eigenvalue weighted by atomic mass is 10.4. The smallest absolute Gasteiger partial charge is 0.221 e. The van der Waals surface area contributed by atoms with Gasteiger partial charge in [-0.3, -0.25) is 0 Å². The molecular weight excluding hydrogens is 188 g/mol. The van der Waals surface area contributed by atoms with Crippen LogP contribution in [0, 0.1) is 0 Å². The van der Waals surface area contributed by atoms with Gasteiger partial charge in [0, 0.05) is 19.6 Å². The molecule has 1 saturated carbocycles. The van der Waals surface area contributed by atoms with Crippen molar-refractivity contribution >= 4 is 10.0 Å². The van der Waals surface area contributed by atoms with E-state index in [-0.39, 0.29) is 12.6 Å². The second-order valence-corrected chi connectivity index (χ2v) is 6.39. The van der Waals surface area contributed by atoms with Crippen molar-refractivity contribution in [3.8, 4) is 0 Å². The van der Waals surface area contributed by atoms with Crippen molar-refractivity contribution in [1.82, 2.24) is 4.31 Å². The highest BCUT2D eigenvalue weighted by molar-refractivity contribution is 7.90. The summed E-state index contributed by atoms with van der Waals surface area (Å²) in [5.41, 5.74) is 5.49. The molecule has 0 spiro atoms. The van der Waals surface area contributed by atoms with E-state index in [2.05, 4.69) is 0 Å². The van der Waals surface area contributed by atoms with Gasteiger partial charge in [0.2, 0.25) is 10.0 Å². The maximum Gasteiger partial charge on any atom is 0.221 e. The van der Waals surface area contributed by atoms with Gasteiger partial charge in [-0.15, -0.1) is 0 Å². The van der Waals surface area contributed by atoms with E-state index < -0.39 is 14.8 Å². The first-order chi connectivity index (χ1) is 5.87. The maximum absolute atomic E-state index is 11.9. The largest absolute Gasteiger partial charge is 0.329 e. The summed E-state index contributed by atoms with van der Waals surface area (Å²) in [5, 5.41) is 0. The molecule has 2 N–H and O–H groups in total. The Morgan fingerprint density at radius 1 is 1.46 bits per heavy atom. The average Bonchev–Trinajstić information content (AvgIpc) is 2.82. The third-order valence-corrected chi connectivity index (χ3v) is 5.68. The Bertz CT molecular complexity index is 281. The highest BCUT2D eigenvalue weighted by Gasteiger charge is 2.55. The third kappa shape index (κ3) is 1.60. The highest BCUT2D eigenvalue weighted by atomic mass is 32.2. The minimum Gasteiger partial charge on any atom is -0.329 e. The molecule has 0 aromatic rings. The summed E-state index contributed by atoms with van der Waals surface area (Å²) in [7, 11) is -1.55. The molecule has 1 fully saturated rings. The quantitative estimate of drug-likeness (QED) is 0.712. The minimum atomic E-state index is -3.17. The molecule has 0 heterocycles. The lowest BCUT2D eigenvalue weighted by molar-refractivity contribution is 0.401. The predicted molar refractivity (Wildman–Crippen MR) is 52.8 cm³/mol. The van der Waals surface area contributed by atoms with E-state index in [9.17, 15) is 8.42 Å². The number of hydrogen-bond acceptors (Lipinski definition) is 3. The normalized spacial score (nSPS) is 21.1. The Hall–Kier alpha value is -0.130. The third-order valence-electron chi connectivity index (χ3n) is 2.83. The van der Waals surface area contributed by atoms with Crippen LogP contribution < -0.4 is 5.73 Å². The Labute approximate surface area is 80.1 Å². The summed E-state index contributed by atoms with van der Waals surface area (Å²) in [4.78, 5) is 0. The van der Waals surface area contributed by atoms with Gasteiger partial charge < -0.3 is 5.73 Å². The topological polar surface area (TPSA) is 63.4 Å². The Morgan fingerprint density at radius 3 is 2.15 bits per heavy atom. The molecule has 13 heavy (non-hydrogen) atoms. The molecule has 0 amide bonds. The van der Waals surface area contributed by atoms with E-state index in [4.69, 9.17) is 5.73 Å². The molecule has 0 atom stereocenters. The van der Waals surface area contributed by atoms with E-state index in [0.717, 1.165) is 0 Å². The minimum absolute atomic E-state index is 0.00836. The van der Waals surface area contributed by atoms with E-state index in [1.165, 1.54) is 4.31 Å². The zero-order chi connectivity index (χ0) is 10.3. The zero-order valence-corrected chi connectivity index (χ0v) is 9.26. The molecule has 1 aliphatic carbocycles. The number of nitrogens with zero attached hydrogens (tertiary/aromatic N) is 1. The van der Waals surface area contributed by atoms with Crippen LogP contribution in [0.1, 0.15) is 26.7 Å². The van der Waals surface area contributed by atoms with Crippen LogP contribution in [0.3, 0.4) is 0 Å². The van der Waals surface area contributed by atoms with Gasteiger partial charge in [0.05, 0.1) is 4.75 Å². The van der Waals surface area contributed by atoms with Gasteiger partial charge in [-0.25, -0.2) is 12.7 Å². The highest BCUT2D eigenvalue weighted by Crippen LogP contribution is 2.44. The Kier molecular flexibility index (Phi) is 2.71. The second-order valence-electron chi connectivity index (χ2n) is 4.00. The molecule has 5 heteroatoms. The van der Waals surface area contributed by atoms with Crippen molar-refractivity contribution in [3.63, 3.8) is 0 Å². The molecule has 0 radical (unpaired) electrons. The Morgan fingerprint density at radius 2 is 1.92 bits per heavy atom. The first-order valence-electron chi connectivity index (χ1n) is 4.55. The van der Waals surface area contributed by atoms with Crippen LogP contribution in [0.5, 0.6) is 0 Å². The van der Waals surface area contributed by atoms with Crippen molar-refractivity contribution in [2.24, 2.45) is 5.73 Å². The number of rotatable bonds is 4. The van der Waals surface area contributed by atoms with Crippen molar-refractivity contribution in [2.75, 3.05) is 13.6 Å².